The summed E-state index contributed by atoms with van der Waals surface area (Å²) in [6, 6.07) is 3.20. The van der Waals surface area contributed by atoms with Crippen molar-refractivity contribution in [1.29, 1.82) is 0 Å². The molecule has 1 rings (SSSR count). The van der Waals surface area contributed by atoms with Crippen molar-refractivity contribution in [2.75, 3.05) is 19.8 Å². The van der Waals surface area contributed by atoms with Crippen molar-refractivity contribution >= 4 is 17.5 Å². The summed E-state index contributed by atoms with van der Waals surface area (Å²) < 4.78 is 5.28. The van der Waals surface area contributed by atoms with Crippen LogP contribution >= 0.6 is 11.6 Å². The SMILES string of the molecule is CC(C)COCC(O)CNC(=O)c1cccnc1Cl. The molecule has 2 N–H and O–H groups in total. The van der Waals surface area contributed by atoms with Gasteiger partial charge in [-0.1, -0.05) is 25.4 Å². The van der Waals surface area contributed by atoms with Crippen molar-refractivity contribution in [3.05, 3.63) is 29.0 Å². The van der Waals surface area contributed by atoms with Crippen LogP contribution in [0.25, 0.3) is 0 Å². The first kappa shape index (κ1) is 15.9. The lowest BCUT2D eigenvalue weighted by atomic mass is 10.2. The number of halogens is 1. The van der Waals surface area contributed by atoms with Gasteiger partial charge >= 0.3 is 0 Å². The van der Waals surface area contributed by atoms with Gasteiger partial charge in [-0.3, -0.25) is 4.79 Å². The number of aromatic nitrogens is 1. The number of rotatable bonds is 7. The van der Waals surface area contributed by atoms with Crippen LogP contribution in [0.1, 0.15) is 24.2 Å². The Bertz CT molecular complexity index is 413. The summed E-state index contributed by atoms with van der Waals surface area (Å²) in [6.07, 6.45) is 0.770. The molecule has 0 aliphatic rings. The van der Waals surface area contributed by atoms with Crippen molar-refractivity contribution in [3.63, 3.8) is 0 Å². The number of nitrogens with one attached hydrogen (secondary N) is 1. The lowest BCUT2D eigenvalue weighted by Crippen LogP contribution is -2.35. The molecule has 0 bridgehead atoms. The average Bonchev–Trinajstić information content (AvgIpc) is 2.36. The summed E-state index contributed by atoms with van der Waals surface area (Å²) in [5.41, 5.74) is 0.291. The van der Waals surface area contributed by atoms with Gasteiger partial charge in [0.25, 0.3) is 5.91 Å². The van der Waals surface area contributed by atoms with Gasteiger partial charge in [0.2, 0.25) is 0 Å². The fourth-order valence-corrected chi connectivity index (χ4v) is 1.57. The zero-order valence-corrected chi connectivity index (χ0v) is 11.9. The summed E-state index contributed by atoms with van der Waals surface area (Å²) in [7, 11) is 0. The highest BCUT2D eigenvalue weighted by molar-refractivity contribution is 6.32. The third-order valence-corrected chi connectivity index (χ3v) is 2.56. The van der Waals surface area contributed by atoms with Crippen molar-refractivity contribution in [2.24, 2.45) is 5.92 Å². The van der Waals surface area contributed by atoms with E-state index in [-0.39, 0.29) is 24.2 Å². The molecule has 19 heavy (non-hydrogen) atoms. The molecule has 1 heterocycles. The number of aliphatic hydroxyl groups excluding tert-OH is 1. The van der Waals surface area contributed by atoms with E-state index in [0.717, 1.165) is 0 Å². The molecule has 0 aliphatic carbocycles. The first-order valence-corrected chi connectivity index (χ1v) is 6.53. The number of carbonyl (C=O) groups is 1. The Balaban J connectivity index is 2.32. The first-order chi connectivity index (χ1) is 9.00. The average molecular weight is 287 g/mol. The molecule has 0 spiro atoms. The van der Waals surface area contributed by atoms with E-state index < -0.39 is 6.10 Å². The summed E-state index contributed by atoms with van der Waals surface area (Å²) in [6.45, 7) is 4.94. The Morgan fingerprint density at radius 1 is 1.53 bits per heavy atom. The number of amides is 1. The second kappa shape index (κ2) is 8.09. The molecule has 1 atom stereocenters. The van der Waals surface area contributed by atoms with Crippen molar-refractivity contribution in [1.82, 2.24) is 10.3 Å². The maximum Gasteiger partial charge on any atom is 0.254 e. The first-order valence-electron chi connectivity index (χ1n) is 6.15. The van der Waals surface area contributed by atoms with Crippen molar-refractivity contribution < 1.29 is 14.6 Å². The molecule has 1 aromatic rings. The Kier molecular flexibility index (Phi) is 6.77. The molecule has 0 saturated heterocycles. The second-order valence-corrected chi connectivity index (χ2v) is 4.99. The van der Waals surface area contributed by atoms with Crippen LogP contribution in [0.2, 0.25) is 5.15 Å². The molecule has 0 saturated carbocycles. The van der Waals surface area contributed by atoms with Gasteiger partial charge in [-0.25, -0.2) is 4.98 Å². The highest BCUT2D eigenvalue weighted by Gasteiger charge is 2.12. The molecular formula is C13H19ClN2O3. The molecule has 106 valence electrons. The smallest absolute Gasteiger partial charge is 0.254 e. The highest BCUT2D eigenvalue weighted by Crippen LogP contribution is 2.10. The lowest BCUT2D eigenvalue weighted by Gasteiger charge is -2.13. The van der Waals surface area contributed by atoms with Crippen molar-refractivity contribution in [2.45, 2.75) is 20.0 Å². The minimum atomic E-state index is -0.738. The van der Waals surface area contributed by atoms with E-state index in [9.17, 15) is 9.90 Å². The van der Waals surface area contributed by atoms with E-state index in [1.165, 1.54) is 6.20 Å². The Hall–Kier alpha value is -1.17. The van der Waals surface area contributed by atoms with E-state index in [1.807, 2.05) is 13.8 Å². The summed E-state index contributed by atoms with van der Waals surface area (Å²) >= 11 is 5.79. The fourth-order valence-electron chi connectivity index (χ4n) is 1.36. The number of ether oxygens (including phenoxy) is 1. The van der Waals surface area contributed by atoms with Crippen molar-refractivity contribution in [3.8, 4) is 0 Å². The lowest BCUT2D eigenvalue weighted by molar-refractivity contribution is 0.0259. The van der Waals surface area contributed by atoms with Crippen LogP contribution in [-0.2, 0) is 4.74 Å². The quantitative estimate of drug-likeness (QED) is 0.745. The van der Waals surface area contributed by atoms with Gasteiger partial charge in [-0.15, -0.1) is 0 Å². The normalized spacial score (nSPS) is 12.5. The number of carbonyl (C=O) groups excluding carboxylic acids is 1. The molecule has 0 radical (unpaired) electrons. The van der Waals surface area contributed by atoms with Gasteiger partial charge in [-0.2, -0.15) is 0 Å². The van der Waals surface area contributed by atoms with Gasteiger partial charge in [0.1, 0.15) is 5.15 Å². The van der Waals surface area contributed by atoms with Crippen LogP contribution in [0.3, 0.4) is 0 Å². The Labute approximate surface area is 117 Å². The van der Waals surface area contributed by atoms with Crippen LogP contribution in [0.5, 0.6) is 0 Å². The monoisotopic (exact) mass is 286 g/mol. The molecule has 0 aliphatic heterocycles. The molecule has 5 nitrogen and oxygen atoms in total. The third kappa shape index (κ3) is 6.00. The zero-order chi connectivity index (χ0) is 14.3. The molecule has 1 aromatic heterocycles. The maximum absolute atomic E-state index is 11.8. The molecule has 1 amide bonds. The van der Waals surface area contributed by atoms with E-state index in [0.29, 0.717) is 18.1 Å². The highest BCUT2D eigenvalue weighted by atomic mass is 35.5. The summed E-state index contributed by atoms with van der Waals surface area (Å²) in [4.78, 5) is 15.6. The molecule has 1 unspecified atom stereocenters. The number of aliphatic hydroxyl groups is 1. The predicted octanol–water partition coefficient (Wildman–Crippen LogP) is 1.50. The number of hydrogen-bond acceptors (Lipinski definition) is 4. The second-order valence-electron chi connectivity index (χ2n) is 4.64. The molecule has 0 aromatic carbocycles. The van der Waals surface area contributed by atoms with Gasteiger partial charge in [-0.05, 0) is 18.1 Å². The van der Waals surface area contributed by atoms with Crippen LogP contribution in [0.4, 0.5) is 0 Å². The summed E-state index contributed by atoms with van der Waals surface area (Å²) in [5, 5.41) is 12.4. The van der Waals surface area contributed by atoms with E-state index in [4.69, 9.17) is 16.3 Å². The van der Waals surface area contributed by atoms with Crippen LogP contribution in [0, 0.1) is 5.92 Å². The van der Waals surface area contributed by atoms with Gasteiger partial charge in [0.05, 0.1) is 18.3 Å². The van der Waals surface area contributed by atoms with E-state index in [2.05, 4.69) is 10.3 Å². The number of pyridine rings is 1. The van der Waals surface area contributed by atoms with Gasteiger partial charge < -0.3 is 15.2 Å². The van der Waals surface area contributed by atoms with E-state index in [1.54, 1.807) is 12.1 Å². The van der Waals surface area contributed by atoms with Crippen LogP contribution in [-0.4, -0.2) is 41.9 Å². The number of hydrogen-bond donors (Lipinski definition) is 2. The van der Waals surface area contributed by atoms with Crippen LogP contribution in [0.15, 0.2) is 18.3 Å². The van der Waals surface area contributed by atoms with Gasteiger partial charge in [0, 0.05) is 19.3 Å². The van der Waals surface area contributed by atoms with E-state index >= 15 is 0 Å². The minimum absolute atomic E-state index is 0.113. The van der Waals surface area contributed by atoms with Crippen LogP contribution < -0.4 is 5.32 Å². The fraction of sp³-hybridized carbons (Fsp3) is 0.538. The third-order valence-electron chi connectivity index (χ3n) is 2.26. The number of nitrogens with zero attached hydrogens (tertiary/aromatic N) is 1. The maximum atomic E-state index is 11.8. The molecule has 6 heteroatoms. The Morgan fingerprint density at radius 2 is 2.26 bits per heavy atom. The largest absolute Gasteiger partial charge is 0.389 e. The predicted molar refractivity (Wildman–Crippen MR) is 73.2 cm³/mol. The standard InChI is InChI=1S/C13H19ClN2O3/c1-9(2)7-19-8-10(17)6-16-13(18)11-4-3-5-15-12(11)14/h3-5,9-10,17H,6-8H2,1-2H3,(H,16,18). The molecule has 0 fully saturated rings. The Morgan fingerprint density at radius 3 is 2.89 bits per heavy atom. The minimum Gasteiger partial charge on any atom is -0.389 e. The summed E-state index contributed by atoms with van der Waals surface area (Å²) in [5.74, 6) is 0.0528. The zero-order valence-electron chi connectivity index (χ0n) is 11.1. The van der Waals surface area contributed by atoms with Gasteiger partial charge in [0.15, 0.2) is 0 Å². The topological polar surface area (TPSA) is 71.5 Å². The molecular weight excluding hydrogens is 268 g/mol.